The predicted octanol–water partition coefficient (Wildman–Crippen LogP) is 3.80. The molecule has 1 unspecified atom stereocenters. The van der Waals surface area contributed by atoms with Crippen molar-refractivity contribution in [3.63, 3.8) is 0 Å². The van der Waals surface area contributed by atoms with Gasteiger partial charge in [0.25, 0.3) is 0 Å². The van der Waals surface area contributed by atoms with Crippen LogP contribution in [0.15, 0.2) is 24.3 Å². The highest BCUT2D eigenvalue weighted by molar-refractivity contribution is 5.28. The van der Waals surface area contributed by atoms with Gasteiger partial charge in [-0.05, 0) is 43.5 Å². The topological polar surface area (TPSA) is 21.3 Å². The van der Waals surface area contributed by atoms with Crippen LogP contribution in [0, 0.1) is 0 Å². The lowest BCUT2D eigenvalue weighted by molar-refractivity contribution is 0.413. The van der Waals surface area contributed by atoms with Crippen molar-refractivity contribution >= 4 is 0 Å². The minimum atomic E-state index is 0.594. The van der Waals surface area contributed by atoms with Crippen molar-refractivity contribution in [2.24, 2.45) is 0 Å². The van der Waals surface area contributed by atoms with Gasteiger partial charge in [-0.15, -0.1) is 0 Å². The number of ether oxygens (including phenoxy) is 1. The van der Waals surface area contributed by atoms with Crippen molar-refractivity contribution < 1.29 is 4.74 Å². The Labute approximate surface area is 112 Å². The molecule has 0 aliphatic carbocycles. The Morgan fingerprint density at radius 3 is 2.72 bits per heavy atom. The van der Waals surface area contributed by atoms with Crippen LogP contribution in [0.3, 0.4) is 0 Å². The molecule has 0 radical (unpaired) electrons. The molecule has 0 saturated heterocycles. The summed E-state index contributed by atoms with van der Waals surface area (Å²) >= 11 is 0. The third kappa shape index (κ3) is 5.54. The van der Waals surface area contributed by atoms with Crippen LogP contribution >= 0.6 is 0 Å². The Hall–Kier alpha value is -1.02. The largest absolute Gasteiger partial charge is 0.497 e. The van der Waals surface area contributed by atoms with E-state index in [1.54, 1.807) is 7.11 Å². The van der Waals surface area contributed by atoms with Gasteiger partial charge in [0.15, 0.2) is 0 Å². The Balaban J connectivity index is 2.56. The third-order valence-electron chi connectivity index (χ3n) is 3.21. The SMILES string of the molecule is CCCCC(Cc1cccc(OC)c1)NCCC. The van der Waals surface area contributed by atoms with Crippen molar-refractivity contribution in [1.29, 1.82) is 0 Å². The Morgan fingerprint density at radius 1 is 1.22 bits per heavy atom. The maximum atomic E-state index is 5.28. The highest BCUT2D eigenvalue weighted by Crippen LogP contribution is 2.15. The summed E-state index contributed by atoms with van der Waals surface area (Å²) in [6.45, 7) is 5.58. The maximum Gasteiger partial charge on any atom is 0.119 e. The van der Waals surface area contributed by atoms with Crippen LogP contribution in [0.1, 0.15) is 45.1 Å². The number of benzene rings is 1. The molecule has 0 aliphatic heterocycles. The van der Waals surface area contributed by atoms with E-state index in [1.807, 2.05) is 6.07 Å². The summed E-state index contributed by atoms with van der Waals surface area (Å²) in [4.78, 5) is 0. The zero-order valence-electron chi connectivity index (χ0n) is 12.0. The van der Waals surface area contributed by atoms with E-state index in [0.717, 1.165) is 18.7 Å². The second-order valence-corrected chi connectivity index (χ2v) is 4.85. The number of methoxy groups -OCH3 is 1. The number of hydrogen-bond donors (Lipinski definition) is 1. The van der Waals surface area contributed by atoms with E-state index in [1.165, 1.54) is 31.2 Å². The number of hydrogen-bond acceptors (Lipinski definition) is 2. The third-order valence-corrected chi connectivity index (χ3v) is 3.21. The van der Waals surface area contributed by atoms with Gasteiger partial charge in [-0.1, -0.05) is 38.8 Å². The minimum absolute atomic E-state index is 0.594. The maximum absolute atomic E-state index is 5.28. The van der Waals surface area contributed by atoms with Crippen LogP contribution < -0.4 is 10.1 Å². The van der Waals surface area contributed by atoms with Crippen molar-refractivity contribution in [2.75, 3.05) is 13.7 Å². The number of rotatable bonds is 9. The summed E-state index contributed by atoms with van der Waals surface area (Å²) in [5.41, 5.74) is 1.36. The highest BCUT2D eigenvalue weighted by atomic mass is 16.5. The van der Waals surface area contributed by atoms with Crippen LogP contribution in [0.4, 0.5) is 0 Å². The first-order valence-corrected chi connectivity index (χ1v) is 7.16. The Morgan fingerprint density at radius 2 is 2.06 bits per heavy atom. The van der Waals surface area contributed by atoms with Crippen molar-refractivity contribution in [3.8, 4) is 5.75 Å². The van der Waals surface area contributed by atoms with Gasteiger partial charge in [0, 0.05) is 6.04 Å². The van der Waals surface area contributed by atoms with Crippen molar-refractivity contribution in [2.45, 2.75) is 52.0 Å². The molecule has 0 aliphatic rings. The molecule has 0 amide bonds. The van der Waals surface area contributed by atoms with Crippen LogP contribution in [-0.4, -0.2) is 19.7 Å². The van der Waals surface area contributed by atoms with Gasteiger partial charge in [-0.25, -0.2) is 0 Å². The molecule has 0 saturated carbocycles. The average Bonchev–Trinajstić information content (AvgIpc) is 2.42. The molecule has 1 aromatic carbocycles. The first kappa shape index (κ1) is 15.0. The molecular weight excluding hydrogens is 222 g/mol. The number of nitrogens with one attached hydrogen (secondary N) is 1. The molecule has 1 N–H and O–H groups in total. The van der Waals surface area contributed by atoms with Crippen molar-refractivity contribution in [3.05, 3.63) is 29.8 Å². The molecule has 2 heteroatoms. The Bertz CT molecular complexity index is 317. The normalized spacial score (nSPS) is 12.4. The van der Waals surface area contributed by atoms with Crippen molar-refractivity contribution in [1.82, 2.24) is 5.32 Å². The van der Waals surface area contributed by atoms with Gasteiger partial charge in [0.1, 0.15) is 5.75 Å². The summed E-state index contributed by atoms with van der Waals surface area (Å²) in [7, 11) is 1.73. The lowest BCUT2D eigenvalue weighted by Crippen LogP contribution is -2.31. The van der Waals surface area contributed by atoms with Gasteiger partial charge in [0.05, 0.1) is 7.11 Å². The van der Waals surface area contributed by atoms with E-state index in [2.05, 4.69) is 37.4 Å². The minimum Gasteiger partial charge on any atom is -0.497 e. The molecule has 0 heterocycles. The molecular formula is C16H27NO. The highest BCUT2D eigenvalue weighted by Gasteiger charge is 2.08. The van der Waals surface area contributed by atoms with Crippen LogP contribution in [0.5, 0.6) is 5.75 Å². The second kappa shape index (κ2) is 8.98. The van der Waals surface area contributed by atoms with Gasteiger partial charge in [-0.2, -0.15) is 0 Å². The fraction of sp³-hybridized carbons (Fsp3) is 0.625. The molecule has 18 heavy (non-hydrogen) atoms. The average molecular weight is 249 g/mol. The summed E-state index contributed by atoms with van der Waals surface area (Å²) in [5.74, 6) is 0.956. The van der Waals surface area contributed by atoms with E-state index in [0.29, 0.717) is 6.04 Å². The molecule has 1 atom stereocenters. The first-order chi connectivity index (χ1) is 8.80. The fourth-order valence-corrected chi connectivity index (χ4v) is 2.16. The smallest absolute Gasteiger partial charge is 0.119 e. The van der Waals surface area contributed by atoms with Gasteiger partial charge < -0.3 is 10.1 Å². The van der Waals surface area contributed by atoms with E-state index in [4.69, 9.17) is 4.74 Å². The van der Waals surface area contributed by atoms with Crippen LogP contribution in [0.2, 0.25) is 0 Å². The molecule has 1 rings (SSSR count). The fourth-order valence-electron chi connectivity index (χ4n) is 2.16. The zero-order chi connectivity index (χ0) is 13.2. The molecule has 0 bridgehead atoms. The first-order valence-electron chi connectivity index (χ1n) is 7.16. The van der Waals surface area contributed by atoms with E-state index in [-0.39, 0.29) is 0 Å². The van der Waals surface area contributed by atoms with Crippen LogP contribution in [-0.2, 0) is 6.42 Å². The number of unbranched alkanes of at least 4 members (excludes halogenated alkanes) is 1. The molecule has 0 aromatic heterocycles. The monoisotopic (exact) mass is 249 g/mol. The standard InChI is InChI=1S/C16H27NO/c1-4-6-9-15(17-11-5-2)12-14-8-7-10-16(13-14)18-3/h7-8,10,13,15,17H,4-6,9,11-12H2,1-3H3. The quantitative estimate of drug-likeness (QED) is 0.719. The molecule has 0 spiro atoms. The second-order valence-electron chi connectivity index (χ2n) is 4.85. The lowest BCUT2D eigenvalue weighted by Gasteiger charge is -2.18. The summed E-state index contributed by atoms with van der Waals surface area (Å²) in [6, 6.07) is 9.01. The summed E-state index contributed by atoms with van der Waals surface area (Å²) in [6.07, 6.45) is 6.11. The summed E-state index contributed by atoms with van der Waals surface area (Å²) in [5, 5.41) is 3.65. The molecule has 1 aromatic rings. The lowest BCUT2D eigenvalue weighted by atomic mass is 10.0. The summed E-state index contributed by atoms with van der Waals surface area (Å²) < 4.78 is 5.28. The van der Waals surface area contributed by atoms with Gasteiger partial charge >= 0.3 is 0 Å². The molecule has 2 nitrogen and oxygen atoms in total. The predicted molar refractivity (Wildman–Crippen MR) is 78.3 cm³/mol. The zero-order valence-corrected chi connectivity index (χ0v) is 12.0. The van der Waals surface area contributed by atoms with E-state index < -0.39 is 0 Å². The van der Waals surface area contributed by atoms with E-state index >= 15 is 0 Å². The molecule has 102 valence electrons. The van der Waals surface area contributed by atoms with Crippen LogP contribution in [0.25, 0.3) is 0 Å². The van der Waals surface area contributed by atoms with Gasteiger partial charge in [0.2, 0.25) is 0 Å². The Kier molecular flexibility index (Phi) is 7.51. The van der Waals surface area contributed by atoms with Gasteiger partial charge in [-0.3, -0.25) is 0 Å². The molecule has 0 fully saturated rings. The van der Waals surface area contributed by atoms with E-state index in [9.17, 15) is 0 Å².